The predicted octanol–water partition coefficient (Wildman–Crippen LogP) is 0.734. The Morgan fingerprint density at radius 3 is 2.36 bits per heavy atom. The smallest absolute Gasteiger partial charge is 0.237 e. The van der Waals surface area contributed by atoms with Crippen molar-refractivity contribution >= 4 is 11.8 Å². The molecule has 3 rings (SSSR count). The lowest BCUT2D eigenvalue weighted by Gasteiger charge is -2.43. The second-order valence-corrected chi connectivity index (χ2v) is 6.69. The van der Waals surface area contributed by atoms with E-state index >= 15 is 0 Å². The first-order chi connectivity index (χ1) is 10.4. The van der Waals surface area contributed by atoms with E-state index in [-0.39, 0.29) is 17.7 Å². The van der Waals surface area contributed by atoms with Crippen molar-refractivity contribution in [3.8, 4) is 0 Å². The molecule has 0 radical (unpaired) electrons. The molecule has 2 N–H and O–H groups in total. The molecule has 1 saturated heterocycles. The number of carbonyl (C=O) groups is 2. The molecule has 1 aliphatic heterocycles. The fourth-order valence-corrected chi connectivity index (χ4v) is 3.34. The average molecular weight is 301 g/mol. The van der Waals surface area contributed by atoms with Crippen molar-refractivity contribution in [3.63, 3.8) is 0 Å². The molecule has 1 heterocycles. The summed E-state index contributed by atoms with van der Waals surface area (Å²) in [5.74, 6) is -0.0812. The number of rotatable bonds is 3. The lowest BCUT2D eigenvalue weighted by atomic mass is 9.77. The van der Waals surface area contributed by atoms with Gasteiger partial charge in [0, 0.05) is 26.2 Å². The van der Waals surface area contributed by atoms with E-state index in [2.05, 4.69) is 11.0 Å². The molecule has 5 heteroatoms. The summed E-state index contributed by atoms with van der Waals surface area (Å²) in [5.41, 5.74) is 7.27. The number of primary amides is 1. The number of hydrogen-bond donors (Lipinski definition) is 1. The van der Waals surface area contributed by atoms with Crippen LogP contribution in [0.1, 0.15) is 30.9 Å². The molecule has 2 amide bonds. The van der Waals surface area contributed by atoms with E-state index in [1.165, 1.54) is 11.1 Å². The van der Waals surface area contributed by atoms with Gasteiger partial charge in [-0.25, -0.2) is 0 Å². The highest BCUT2D eigenvalue weighted by Crippen LogP contribution is 2.36. The largest absolute Gasteiger partial charge is 0.368 e. The lowest BCUT2D eigenvalue weighted by molar-refractivity contribution is -0.137. The highest BCUT2D eigenvalue weighted by molar-refractivity contribution is 5.87. The van der Waals surface area contributed by atoms with Crippen molar-refractivity contribution in [2.45, 2.75) is 31.7 Å². The number of fused-ring (bicyclic) bond motifs is 1. The third-order valence-electron chi connectivity index (χ3n) is 5.14. The summed E-state index contributed by atoms with van der Waals surface area (Å²) in [4.78, 5) is 28.2. The van der Waals surface area contributed by atoms with Gasteiger partial charge in [-0.1, -0.05) is 24.3 Å². The zero-order chi connectivity index (χ0) is 15.9. The van der Waals surface area contributed by atoms with Gasteiger partial charge < -0.3 is 10.6 Å². The van der Waals surface area contributed by atoms with Gasteiger partial charge in [-0.2, -0.15) is 0 Å². The molecular formula is C17H23N3O2. The van der Waals surface area contributed by atoms with Crippen LogP contribution in [0.5, 0.6) is 0 Å². The zero-order valence-corrected chi connectivity index (χ0v) is 13.2. The standard InChI is InChI=1S/C17H23N3O2/c1-17(2,16(18)22)20-9-7-19(8-10-20)15(21)14-11-12-5-3-4-6-13(12)14/h3-6,14H,7-11H2,1-2H3,(H2,18,22). The molecule has 0 saturated carbocycles. The highest BCUT2D eigenvalue weighted by Gasteiger charge is 2.39. The molecule has 118 valence electrons. The predicted molar refractivity (Wildman–Crippen MR) is 84.3 cm³/mol. The van der Waals surface area contributed by atoms with E-state index in [4.69, 9.17) is 5.73 Å². The van der Waals surface area contributed by atoms with Crippen LogP contribution in [0.3, 0.4) is 0 Å². The van der Waals surface area contributed by atoms with Gasteiger partial charge in [-0.15, -0.1) is 0 Å². The fourth-order valence-electron chi connectivity index (χ4n) is 3.34. The van der Waals surface area contributed by atoms with Crippen LogP contribution >= 0.6 is 0 Å². The van der Waals surface area contributed by atoms with Crippen molar-refractivity contribution < 1.29 is 9.59 Å². The van der Waals surface area contributed by atoms with Crippen LogP contribution in [0.2, 0.25) is 0 Å². The quantitative estimate of drug-likeness (QED) is 0.895. The van der Waals surface area contributed by atoms with E-state index in [9.17, 15) is 9.59 Å². The minimum atomic E-state index is -0.655. The first kappa shape index (κ1) is 15.0. The third-order valence-corrected chi connectivity index (χ3v) is 5.14. The van der Waals surface area contributed by atoms with Crippen molar-refractivity contribution in [3.05, 3.63) is 35.4 Å². The molecule has 1 aliphatic carbocycles. The number of nitrogens with two attached hydrogens (primary N) is 1. The molecule has 1 unspecified atom stereocenters. The van der Waals surface area contributed by atoms with Gasteiger partial charge in [0.1, 0.15) is 0 Å². The van der Waals surface area contributed by atoms with Gasteiger partial charge >= 0.3 is 0 Å². The number of hydrogen-bond acceptors (Lipinski definition) is 3. The molecule has 1 fully saturated rings. The van der Waals surface area contributed by atoms with Crippen molar-refractivity contribution in [1.29, 1.82) is 0 Å². The van der Waals surface area contributed by atoms with Crippen molar-refractivity contribution in [2.24, 2.45) is 5.73 Å². The second-order valence-electron chi connectivity index (χ2n) is 6.69. The van der Waals surface area contributed by atoms with Crippen LogP contribution in [0.25, 0.3) is 0 Å². The molecule has 0 aromatic heterocycles. The van der Waals surface area contributed by atoms with Crippen LogP contribution in [0.15, 0.2) is 24.3 Å². The molecule has 0 bridgehead atoms. The van der Waals surface area contributed by atoms with E-state index in [1.807, 2.05) is 36.9 Å². The van der Waals surface area contributed by atoms with Crippen molar-refractivity contribution in [1.82, 2.24) is 9.80 Å². The summed E-state index contributed by atoms with van der Waals surface area (Å²) < 4.78 is 0. The molecule has 2 aliphatic rings. The lowest BCUT2D eigenvalue weighted by Crippen LogP contribution is -2.60. The summed E-state index contributed by atoms with van der Waals surface area (Å²) in [6.07, 6.45) is 0.849. The third kappa shape index (κ3) is 2.39. The average Bonchev–Trinajstić information content (AvgIpc) is 2.48. The van der Waals surface area contributed by atoms with Crippen molar-refractivity contribution in [2.75, 3.05) is 26.2 Å². The van der Waals surface area contributed by atoms with Crippen LogP contribution in [-0.2, 0) is 16.0 Å². The molecule has 22 heavy (non-hydrogen) atoms. The van der Waals surface area contributed by atoms with Gasteiger partial charge in [0.25, 0.3) is 0 Å². The number of carbonyl (C=O) groups excluding carboxylic acids is 2. The number of amides is 2. The van der Waals surface area contributed by atoms with E-state index in [0.717, 1.165) is 6.42 Å². The van der Waals surface area contributed by atoms with Crippen LogP contribution in [-0.4, -0.2) is 53.3 Å². The Balaban J connectivity index is 1.61. The van der Waals surface area contributed by atoms with Crippen LogP contribution in [0, 0.1) is 0 Å². The monoisotopic (exact) mass is 301 g/mol. The molecule has 1 aromatic rings. The van der Waals surface area contributed by atoms with Gasteiger partial charge in [-0.05, 0) is 31.4 Å². The Morgan fingerprint density at radius 1 is 1.14 bits per heavy atom. The summed E-state index contributed by atoms with van der Waals surface area (Å²) in [6.45, 7) is 6.39. The fraction of sp³-hybridized carbons (Fsp3) is 0.529. The number of piperazine rings is 1. The first-order valence-corrected chi connectivity index (χ1v) is 7.83. The van der Waals surface area contributed by atoms with Gasteiger partial charge in [0.05, 0.1) is 11.5 Å². The zero-order valence-electron chi connectivity index (χ0n) is 13.2. The number of nitrogens with zero attached hydrogens (tertiary/aromatic N) is 2. The van der Waals surface area contributed by atoms with Gasteiger partial charge in [-0.3, -0.25) is 14.5 Å². The van der Waals surface area contributed by atoms with Gasteiger partial charge in [0.15, 0.2) is 0 Å². The molecule has 1 aromatic carbocycles. The Hall–Kier alpha value is -1.88. The van der Waals surface area contributed by atoms with Crippen LogP contribution in [0.4, 0.5) is 0 Å². The Labute approximate surface area is 131 Å². The summed E-state index contributed by atoms with van der Waals surface area (Å²) in [6, 6.07) is 8.15. The minimum absolute atomic E-state index is 0.0203. The Morgan fingerprint density at radius 2 is 1.77 bits per heavy atom. The molecular weight excluding hydrogens is 278 g/mol. The van der Waals surface area contributed by atoms with Gasteiger partial charge in [0.2, 0.25) is 11.8 Å². The number of benzene rings is 1. The Kier molecular flexibility index (Phi) is 3.68. The maximum Gasteiger partial charge on any atom is 0.237 e. The SMILES string of the molecule is CC(C)(C(N)=O)N1CCN(C(=O)C2Cc3ccccc32)CC1. The topological polar surface area (TPSA) is 66.6 Å². The highest BCUT2D eigenvalue weighted by atomic mass is 16.2. The van der Waals surface area contributed by atoms with E-state index < -0.39 is 5.54 Å². The second kappa shape index (κ2) is 5.39. The van der Waals surface area contributed by atoms with E-state index in [1.54, 1.807) is 0 Å². The van der Waals surface area contributed by atoms with Crippen LogP contribution < -0.4 is 5.73 Å². The Bertz CT molecular complexity index is 604. The first-order valence-electron chi connectivity index (χ1n) is 7.83. The van der Waals surface area contributed by atoms with E-state index in [0.29, 0.717) is 26.2 Å². The minimum Gasteiger partial charge on any atom is -0.368 e. The maximum atomic E-state index is 12.6. The summed E-state index contributed by atoms with van der Waals surface area (Å²) >= 11 is 0. The summed E-state index contributed by atoms with van der Waals surface area (Å²) in [5, 5.41) is 0. The maximum absolute atomic E-state index is 12.6. The molecule has 0 spiro atoms. The molecule has 5 nitrogen and oxygen atoms in total. The molecule has 1 atom stereocenters. The normalized spacial score (nSPS) is 21.9. The summed E-state index contributed by atoms with van der Waals surface area (Å²) in [7, 11) is 0.